The molecule has 11 heavy (non-hydrogen) atoms. The highest BCUT2D eigenvalue weighted by Gasteiger charge is 2.04. The number of fused-ring (bicyclic) bond motifs is 1. The number of benzene rings is 1. The Labute approximate surface area is 73.0 Å². The molecule has 0 radical (unpaired) electrons. The van der Waals surface area contributed by atoms with E-state index in [9.17, 15) is 0 Å². The van der Waals surface area contributed by atoms with Crippen LogP contribution in [0.1, 0.15) is 5.56 Å². The van der Waals surface area contributed by atoms with Crippen LogP contribution in [0.4, 0.5) is 0 Å². The summed E-state index contributed by atoms with van der Waals surface area (Å²) in [4.78, 5) is 5.14. The molecule has 0 bridgehead atoms. The lowest BCUT2D eigenvalue weighted by atomic mass is 10.2. The van der Waals surface area contributed by atoms with Crippen molar-refractivity contribution in [3.05, 3.63) is 34.4 Å². The minimum absolute atomic E-state index is 0.849. The van der Waals surface area contributed by atoms with Gasteiger partial charge < -0.3 is 4.84 Å². The molecule has 1 N–H and O–H groups in total. The molecule has 3 heteroatoms. The molecule has 2 nitrogen and oxygen atoms in total. The molecule has 0 spiro atoms. The van der Waals surface area contributed by atoms with Gasteiger partial charge in [-0.05, 0) is 24.3 Å². The first kappa shape index (κ1) is 6.73. The third kappa shape index (κ3) is 1.24. The van der Waals surface area contributed by atoms with Crippen LogP contribution in [0.5, 0.6) is 5.75 Å². The monoisotopic (exact) mass is 211 g/mol. The molecule has 0 saturated carbocycles. The third-order valence-corrected chi connectivity index (χ3v) is 1.97. The number of rotatable bonds is 0. The normalized spacial score (nSPS) is 13.2. The summed E-state index contributed by atoms with van der Waals surface area (Å²) in [5.41, 5.74) is 3.76. The van der Waals surface area contributed by atoms with Gasteiger partial charge in [0.15, 0.2) is 5.75 Å². The molecule has 0 saturated heterocycles. The van der Waals surface area contributed by atoms with E-state index in [2.05, 4.69) is 21.4 Å². The molecule has 0 fully saturated rings. The predicted octanol–water partition coefficient (Wildman–Crippen LogP) is 2.32. The van der Waals surface area contributed by atoms with E-state index in [1.807, 2.05) is 24.3 Å². The Morgan fingerprint density at radius 2 is 2.27 bits per heavy atom. The van der Waals surface area contributed by atoms with Crippen molar-refractivity contribution < 1.29 is 4.84 Å². The van der Waals surface area contributed by atoms with Crippen molar-refractivity contribution in [2.45, 2.75) is 0 Å². The van der Waals surface area contributed by atoms with Gasteiger partial charge in [0.1, 0.15) is 0 Å². The van der Waals surface area contributed by atoms with Crippen LogP contribution in [0.25, 0.3) is 6.08 Å². The number of nitrogens with one attached hydrogen (secondary N) is 1. The van der Waals surface area contributed by atoms with E-state index in [0.717, 1.165) is 15.8 Å². The molecular formula is C8H6BrNO. The molecular weight excluding hydrogens is 206 g/mol. The van der Waals surface area contributed by atoms with E-state index in [0.29, 0.717) is 0 Å². The van der Waals surface area contributed by atoms with Gasteiger partial charge in [-0.15, -0.1) is 0 Å². The lowest BCUT2D eigenvalue weighted by Crippen LogP contribution is -2.13. The molecule has 2 rings (SSSR count). The maximum absolute atomic E-state index is 5.14. The summed E-state index contributed by atoms with van der Waals surface area (Å²) in [6, 6.07) is 5.90. The van der Waals surface area contributed by atoms with E-state index < -0.39 is 0 Å². The summed E-state index contributed by atoms with van der Waals surface area (Å²) in [6.07, 6.45) is 3.72. The molecule has 1 heterocycles. The van der Waals surface area contributed by atoms with Crippen LogP contribution in [-0.4, -0.2) is 0 Å². The first-order valence-electron chi connectivity index (χ1n) is 3.25. The Morgan fingerprint density at radius 1 is 1.36 bits per heavy atom. The zero-order valence-electron chi connectivity index (χ0n) is 5.67. The topological polar surface area (TPSA) is 21.3 Å². The van der Waals surface area contributed by atoms with Crippen molar-refractivity contribution in [2.75, 3.05) is 0 Å². The number of hydroxylamine groups is 1. The van der Waals surface area contributed by atoms with Crippen LogP contribution in [-0.2, 0) is 0 Å². The lowest BCUT2D eigenvalue weighted by Gasteiger charge is -2.12. The molecule has 1 aromatic carbocycles. The molecule has 1 aromatic rings. The molecule has 0 aliphatic carbocycles. The number of hydrogen-bond acceptors (Lipinski definition) is 2. The van der Waals surface area contributed by atoms with Gasteiger partial charge in [0, 0.05) is 16.2 Å². The van der Waals surface area contributed by atoms with Crippen LogP contribution < -0.4 is 10.3 Å². The van der Waals surface area contributed by atoms with Gasteiger partial charge in [0.2, 0.25) is 0 Å². The first-order chi connectivity index (χ1) is 5.36. The van der Waals surface area contributed by atoms with Crippen molar-refractivity contribution in [3.8, 4) is 5.75 Å². The van der Waals surface area contributed by atoms with Crippen LogP contribution in [0, 0.1) is 0 Å². The Kier molecular flexibility index (Phi) is 1.58. The molecule has 0 unspecified atom stereocenters. The molecule has 0 atom stereocenters. The van der Waals surface area contributed by atoms with Crippen molar-refractivity contribution in [3.63, 3.8) is 0 Å². The highest BCUT2D eigenvalue weighted by molar-refractivity contribution is 9.10. The standard InChI is InChI=1S/C8H6BrNO/c9-7-2-1-6-3-4-10-11-8(6)5-7/h1-5,10H. The largest absolute Gasteiger partial charge is 0.382 e. The fourth-order valence-corrected chi connectivity index (χ4v) is 1.30. The average molecular weight is 212 g/mol. The minimum atomic E-state index is 0.849. The Balaban J connectivity index is 2.53. The third-order valence-electron chi connectivity index (χ3n) is 1.48. The summed E-state index contributed by atoms with van der Waals surface area (Å²) in [7, 11) is 0. The SMILES string of the molecule is Brc1ccc2c(c1)ONC=C2. The fourth-order valence-electron chi connectivity index (χ4n) is 0.956. The number of halogens is 1. The molecule has 0 amide bonds. The summed E-state index contributed by atoms with van der Waals surface area (Å²) in [5, 5.41) is 0. The van der Waals surface area contributed by atoms with E-state index in [4.69, 9.17) is 4.84 Å². The molecule has 1 aliphatic heterocycles. The smallest absolute Gasteiger partial charge is 0.163 e. The van der Waals surface area contributed by atoms with E-state index in [1.54, 1.807) is 6.20 Å². The van der Waals surface area contributed by atoms with Gasteiger partial charge in [-0.1, -0.05) is 15.9 Å². The Morgan fingerprint density at radius 3 is 3.18 bits per heavy atom. The van der Waals surface area contributed by atoms with Gasteiger partial charge >= 0.3 is 0 Å². The van der Waals surface area contributed by atoms with E-state index >= 15 is 0 Å². The second kappa shape index (κ2) is 2.58. The molecule has 1 aliphatic rings. The van der Waals surface area contributed by atoms with Crippen molar-refractivity contribution in [2.24, 2.45) is 0 Å². The Bertz CT molecular complexity index is 309. The second-order valence-electron chi connectivity index (χ2n) is 2.24. The van der Waals surface area contributed by atoms with Crippen LogP contribution >= 0.6 is 15.9 Å². The molecule has 56 valence electrons. The predicted molar refractivity (Wildman–Crippen MR) is 46.9 cm³/mol. The van der Waals surface area contributed by atoms with Crippen molar-refractivity contribution >= 4 is 22.0 Å². The maximum Gasteiger partial charge on any atom is 0.163 e. The van der Waals surface area contributed by atoms with Crippen LogP contribution in [0.15, 0.2) is 28.9 Å². The highest BCUT2D eigenvalue weighted by atomic mass is 79.9. The van der Waals surface area contributed by atoms with E-state index in [-0.39, 0.29) is 0 Å². The zero-order valence-corrected chi connectivity index (χ0v) is 7.26. The van der Waals surface area contributed by atoms with Crippen LogP contribution in [0.3, 0.4) is 0 Å². The van der Waals surface area contributed by atoms with Crippen molar-refractivity contribution in [1.29, 1.82) is 0 Å². The van der Waals surface area contributed by atoms with Gasteiger partial charge in [-0.25, -0.2) is 5.48 Å². The average Bonchev–Trinajstić information content (AvgIpc) is 2.04. The van der Waals surface area contributed by atoms with Crippen molar-refractivity contribution in [1.82, 2.24) is 5.48 Å². The highest BCUT2D eigenvalue weighted by Crippen LogP contribution is 2.25. The van der Waals surface area contributed by atoms with Gasteiger partial charge in [-0.3, -0.25) is 0 Å². The zero-order chi connectivity index (χ0) is 7.68. The van der Waals surface area contributed by atoms with E-state index in [1.165, 1.54) is 0 Å². The lowest BCUT2D eigenvalue weighted by molar-refractivity contribution is 0.239. The quantitative estimate of drug-likeness (QED) is 0.712. The fraction of sp³-hybridized carbons (Fsp3) is 0. The minimum Gasteiger partial charge on any atom is -0.382 e. The maximum atomic E-state index is 5.14. The van der Waals surface area contributed by atoms with Crippen LogP contribution in [0.2, 0.25) is 0 Å². The molecule has 0 aromatic heterocycles. The summed E-state index contributed by atoms with van der Waals surface area (Å²) < 4.78 is 1.02. The second-order valence-corrected chi connectivity index (χ2v) is 3.15. The van der Waals surface area contributed by atoms with Gasteiger partial charge in [0.25, 0.3) is 0 Å². The van der Waals surface area contributed by atoms with Gasteiger partial charge in [-0.2, -0.15) is 0 Å². The first-order valence-corrected chi connectivity index (χ1v) is 4.04. The van der Waals surface area contributed by atoms with Gasteiger partial charge in [0.05, 0.1) is 0 Å². The number of hydrogen-bond donors (Lipinski definition) is 1. The Hall–Kier alpha value is -0.960. The summed E-state index contributed by atoms with van der Waals surface area (Å²) >= 11 is 3.36. The summed E-state index contributed by atoms with van der Waals surface area (Å²) in [5.74, 6) is 0.849. The summed E-state index contributed by atoms with van der Waals surface area (Å²) in [6.45, 7) is 0.